The first-order valence-corrected chi connectivity index (χ1v) is 11.3. The van der Waals surface area contributed by atoms with Crippen LogP contribution in [0.4, 0.5) is 0 Å². The summed E-state index contributed by atoms with van der Waals surface area (Å²) in [5, 5.41) is 3.26. The second-order valence-electron chi connectivity index (χ2n) is 7.89. The molecule has 2 heterocycles. The van der Waals surface area contributed by atoms with E-state index >= 15 is 0 Å². The summed E-state index contributed by atoms with van der Waals surface area (Å²) in [6.07, 6.45) is 3.16. The van der Waals surface area contributed by atoms with Crippen LogP contribution in [0, 0.1) is 20.8 Å². The number of hydrogen-bond acceptors (Lipinski definition) is 4. The summed E-state index contributed by atoms with van der Waals surface area (Å²) < 4.78 is 28.3. The number of piperidine rings is 1. The molecule has 0 aliphatic carbocycles. The predicted molar refractivity (Wildman–Crippen MR) is 106 cm³/mol. The van der Waals surface area contributed by atoms with Crippen LogP contribution in [0.2, 0.25) is 0 Å². The molecular weight excluding hydrogens is 362 g/mol. The highest BCUT2D eigenvalue weighted by Crippen LogP contribution is 2.31. The van der Waals surface area contributed by atoms with Crippen molar-refractivity contribution in [2.45, 2.75) is 63.4 Å². The Kier molecular flexibility index (Phi) is 5.93. The maximum Gasteiger partial charge on any atom is 0.244 e. The van der Waals surface area contributed by atoms with Gasteiger partial charge in [0.1, 0.15) is 6.04 Å². The van der Waals surface area contributed by atoms with E-state index in [0.29, 0.717) is 37.0 Å². The molecule has 2 fully saturated rings. The van der Waals surface area contributed by atoms with Crippen molar-refractivity contribution in [3.8, 4) is 0 Å². The van der Waals surface area contributed by atoms with Gasteiger partial charge in [-0.3, -0.25) is 4.79 Å². The summed E-state index contributed by atoms with van der Waals surface area (Å²) in [6.45, 7) is 7.44. The third kappa shape index (κ3) is 3.91. The molecule has 0 bridgehead atoms. The van der Waals surface area contributed by atoms with Crippen LogP contribution in [0.1, 0.15) is 42.4 Å². The third-order valence-electron chi connectivity index (χ3n) is 5.87. The minimum Gasteiger partial charge on any atom is -0.341 e. The summed E-state index contributed by atoms with van der Waals surface area (Å²) in [4.78, 5) is 15.3. The Balaban J connectivity index is 1.85. The SMILES string of the molecule is CNC1CCN(C(=O)C2CCCN2S(=O)(=O)c2c(C)cc(C)cc2C)CC1. The molecule has 27 heavy (non-hydrogen) atoms. The van der Waals surface area contributed by atoms with Crippen LogP contribution in [-0.2, 0) is 14.8 Å². The average molecular weight is 394 g/mol. The molecule has 2 aliphatic rings. The van der Waals surface area contributed by atoms with Gasteiger partial charge in [-0.25, -0.2) is 8.42 Å². The van der Waals surface area contributed by atoms with E-state index in [1.165, 1.54) is 4.31 Å². The number of nitrogens with one attached hydrogen (secondary N) is 1. The first-order chi connectivity index (χ1) is 12.8. The van der Waals surface area contributed by atoms with Crippen LogP contribution < -0.4 is 5.32 Å². The lowest BCUT2D eigenvalue weighted by Crippen LogP contribution is -2.51. The Morgan fingerprint density at radius 2 is 1.63 bits per heavy atom. The summed E-state index contributed by atoms with van der Waals surface area (Å²) in [5.41, 5.74) is 2.55. The van der Waals surface area contributed by atoms with Gasteiger partial charge in [0.15, 0.2) is 0 Å². The molecule has 3 rings (SSSR count). The quantitative estimate of drug-likeness (QED) is 0.849. The van der Waals surface area contributed by atoms with Crippen LogP contribution in [0.15, 0.2) is 17.0 Å². The molecule has 0 spiro atoms. The molecule has 0 saturated carbocycles. The van der Waals surface area contributed by atoms with Gasteiger partial charge >= 0.3 is 0 Å². The van der Waals surface area contributed by atoms with Crippen LogP contribution in [-0.4, -0.2) is 62.3 Å². The van der Waals surface area contributed by atoms with Crippen molar-refractivity contribution in [2.24, 2.45) is 0 Å². The highest BCUT2D eigenvalue weighted by molar-refractivity contribution is 7.89. The van der Waals surface area contributed by atoms with Crippen LogP contribution in [0.25, 0.3) is 0 Å². The number of rotatable bonds is 4. The Labute approximate surface area is 163 Å². The smallest absolute Gasteiger partial charge is 0.244 e. The minimum absolute atomic E-state index is 0.0342. The largest absolute Gasteiger partial charge is 0.341 e. The second kappa shape index (κ2) is 7.89. The van der Waals surface area contributed by atoms with Gasteiger partial charge in [-0.2, -0.15) is 4.31 Å². The van der Waals surface area contributed by atoms with Crippen molar-refractivity contribution in [3.05, 3.63) is 28.8 Å². The molecule has 6 nitrogen and oxygen atoms in total. The van der Waals surface area contributed by atoms with E-state index in [0.717, 1.165) is 36.0 Å². The number of benzene rings is 1. The first kappa shape index (κ1) is 20.3. The molecule has 1 unspecified atom stereocenters. The fraction of sp³-hybridized carbons (Fsp3) is 0.650. The Hall–Kier alpha value is -1.44. The minimum atomic E-state index is -3.69. The van der Waals surface area contributed by atoms with E-state index in [4.69, 9.17) is 0 Å². The first-order valence-electron chi connectivity index (χ1n) is 9.81. The van der Waals surface area contributed by atoms with E-state index < -0.39 is 16.1 Å². The summed E-state index contributed by atoms with van der Waals surface area (Å²) in [7, 11) is -1.75. The average Bonchev–Trinajstić information content (AvgIpc) is 3.10. The van der Waals surface area contributed by atoms with Crippen molar-refractivity contribution in [2.75, 3.05) is 26.7 Å². The molecule has 1 N–H and O–H groups in total. The van der Waals surface area contributed by atoms with Gasteiger partial charge in [0.2, 0.25) is 15.9 Å². The Bertz CT molecular complexity index is 791. The maximum absolute atomic E-state index is 13.4. The van der Waals surface area contributed by atoms with Gasteiger partial charge in [-0.1, -0.05) is 17.7 Å². The Morgan fingerprint density at radius 3 is 2.19 bits per heavy atom. The Morgan fingerprint density at radius 1 is 1.04 bits per heavy atom. The van der Waals surface area contributed by atoms with Crippen molar-refractivity contribution in [3.63, 3.8) is 0 Å². The van der Waals surface area contributed by atoms with Crippen molar-refractivity contribution in [1.82, 2.24) is 14.5 Å². The number of carbonyl (C=O) groups excluding carboxylic acids is 1. The van der Waals surface area contributed by atoms with Crippen molar-refractivity contribution in [1.29, 1.82) is 0 Å². The van der Waals surface area contributed by atoms with E-state index in [-0.39, 0.29) is 5.91 Å². The fourth-order valence-electron chi connectivity index (χ4n) is 4.56. The molecular formula is C20H31N3O3S. The number of nitrogens with zero attached hydrogens (tertiary/aromatic N) is 2. The van der Waals surface area contributed by atoms with Crippen LogP contribution in [0.5, 0.6) is 0 Å². The number of likely N-dealkylation sites (tertiary alicyclic amines) is 1. The molecule has 1 aromatic carbocycles. The normalized spacial score (nSPS) is 22.4. The van der Waals surface area contributed by atoms with Crippen LogP contribution in [0.3, 0.4) is 0 Å². The molecule has 0 radical (unpaired) electrons. The fourth-order valence-corrected chi connectivity index (χ4v) is 6.63. The second-order valence-corrected chi connectivity index (χ2v) is 9.72. The highest BCUT2D eigenvalue weighted by Gasteiger charge is 2.42. The lowest BCUT2D eigenvalue weighted by Gasteiger charge is -2.35. The van der Waals surface area contributed by atoms with E-state index in [1.807, 2.05) is 44.9 Å². The zero-order valence-electron chi connectivity index (χ0n) is 16.8. The number of amides is 1. The van der Waals surface area contributed by atoms with Crippen molar-refractivity contribution >= 4 is 15.9 Å². The molecule has 7 heteroatoms. The van der Waals surface area contributed by atoms with Gasteiger partial charge in [-0.05, 0) is 64.6 Å². The monoisotopic (exact) mass is 393 g/mol. The topological polar surface area (TPSA) is 69.7 Å². The predicted octanol–water partition coefficient (Wildman–Crippen LogP) is 1.98. The third-order valence-corrected chi connectivity index (χ3v) is 8.09. The molecule has 1 atom stereocenters. The van der Waals surface area contributed by atoms with Gasteiger partial charge in [0.25, 0.3) is 0 Å². The number of sulfonamides is 1. The van der Waals surface area contributed by atoms with E-state index in [1.54, 1.807) is 0 Å². The molecule has 0 aromatic heterocycles. The van der Waals surface area contributed by atoms with E-state index in [2.05, 4.69) is 5.32 Å². The molecule has 2 aliphatic heterocycles. The zero-order chi connectivity index (χ0) is 19.8. The maximum atomic E-state index is 13.4. The van der Waals surface area contributed by atoms with Gasteiger partial charge in [0.05, 0.1) is 4.90 Å². The number of carbonyl (C=O) groups is 1. The lowest BCUT2D eigenvalue weighted by atomic mass is 10.0. The number of aryl methyl sites for hydroxylation is 3. The van der Waals surface area contributed by atoms with Crippen molar-refractivity contribution < 1.29 is 13.2 Å². The summed E-state index contributed by atoms with van der Waals surface area (Å²) >= 11 is 0. The van der Waals surface area contributed by atoms with Gasteiger partial charge < -0.3 is 10.2 Å². The van der Waals surface area contributed by atoms with E-state index in [9.17, 15) is 13.2 Å². The molecule has 150 valence electrons. The summed E-state index contributed by atoms with van der Waals surface area (Å²) in [5.74, 6) is -0.0342. The standard InChI is InChI=1S/C20H31N3O3S/c1-14-12-15(2)19(16(3)13-14)27(25,26)23-9-5-6-18(23)20(24)22-10-7-17(21-4)8-11-22/h12-13,17-18,21H,5-11H2,1-4H3. The molecule has 1 amide bonds. The van der Waals surface area contributed by atoms with Gasteiger partial charge in [-0.15, -0.1) is 0 Å². The molecule has 2 saturated heterocycles. The lowest BCUT2D eigenvalue weighted by molar-refractivity contribution is -0.135. The zero-order valence-corrected chi connectivity index (χ0v) is 17.6. The summed E-state index contributed by atoms with van der Waals surface area (Å²) in [6, 6.07) is 3.67. The highest BCUT2D eigenvalue weighted by atomic mass is 32.2. The van der Waals surface area contributed by atoms with Gasteiger partial charge in [0, 0.05) is 25.7 Å². The van der Waals surface area contributed by atoms with Crippen LogP contribution >= 0.6 is 0 Å². The number of hydrogen-bond donors (Lipinski definition) is 1. The molecule has 1 aromatic rings.